The molecule has 0 aromatic carbocycles. The van der Waals surface area contributed by atoms with Crippen LogP contribution in [0, 0.1) is 5.92 Å². The van der Waals surface area contributed by atoms with E-state index in [1.165, 1.54) is 6.42 Å². The zero-order valence-corrected chi connectivity index (χ0v) is 9.05. The van der Waals surface area contributed by atoms with Crippen molar-refractivity contribution in [2.45, 2.75) is 25.8 Å². The molecule has 0 aromatic heterocycles. The third-order valence-corrected chi connectivity index (χ3v) is 3.09. The molecule has 1 heterocycles. The molecule has 13 heavy (non-hydrogen) atoms. The minimum Gasteiger partial charge on any atom is -0.381 e. The van der Waals surface area contributed by atoms with E-state index in [-0.39, 0.29) is 5.54 Å². The largest absolute Gasteiger partial charge is 0.381 e. The highest BCUT2D eigenvalue weighted by molar-refractivity contribution is 4.82. The van der Waals surface area contributed by atoms with Crippen molar-refractivity contribution in [3.8, 4) is 0 Å². The van der Waals surface area contributed by atoms with Crippen molar-refractivity contribution in [1.29, 1.82) is 0 Å². The smallest absolute Gasteiger partial charge is 0.0507 e. The minimum atomic E-state index is 0.114. The van der Waals surface area contributed by atoms with Gasteiger partial charge in [-0.3, -0.25) is 4.90 Å². The Morgan fingerprint density at radius 3 is 2.69 bits per heavy atom. The van der Waals surface area contributed by atoms with Gasteiger partial charge in [0.1, 0.15) is 0 Å². The van der Waals surface area contributed by atoms with Crippen LogP contribution in [-0.4, -0.2) is 43.8 Å². The number of nitrogens with zero attached hydrogens (tertiary/aromatic N) is 1. The number of rotatable bonds is 4. The van der Waals surface area contributed by atoms with E-state index < -0.39 is 0 Å². The van der Waals surface area contributed by atoms with Crippen LogP contribution in [0.1, 0.15) is 20.3 Å². The first-order chi connectivity index (χ1) is 6.06. The number of hydrogen-bond acceptors (Lipinski definition) is 3. The second-order valence-electron chi connectivity index (χ2n) is 4.63. The molecule has 2 N–H and O–H groups in total. The highest BCUT2D eigenvalue weighted by atomic mass is 16.5. The predicted molar refractivity (Wildman–Crippen MR) is 54.7 cm³/mol. The average molecular weight is 186 g/mol. The number of hydrogen-bond donors (Lipinski definition) is 1. The van der Waals surface area contributed by atoms with Crippen LogP contribution in [0.5, 0.6) is 0 Å². The summed E-state index contributed by atoms with van der Waals surface area (Å²) < 4.78 is 5.35. The molecule has 0 bridgehead atoms. The van der Waals surface area contributed by atoms with Gasteiger partial charge in [0, 0.05) is 25.2 Å². The van der Waals surface area contributed by atoms with E-state index in [2.05, 4.69) is 25.8 Å². The van der Waals surface area contributed by atoms with Gasteiger partial charge in [0.15, 0.2) is 0 Å². The van der Waals surface area contributed by atoms with Crippen molar-refractivity contribution in [2.24, 2.45) is 11.7 Å². The summed E-state index contributed by atoms with van der Waals surface area (Å²) >= 11 is 0. The Hall–Kier alpha value is -0.120. The van der Waals surface area contributed by atoms with E-state index in [0.29, 0.717) is 12.5 Å². The van der Waals surface area contributed by atoms with Gasteiger partial charge in [0.05, 0.1) is 6.61 Å². The fourth-order valence-electron chi connectivity index (χ4n) is 1.52. The van der Waals surface area contributed by atoms with E-state index in [0.717, 1.165) is 19.8 Å². The zero-order chi connectivity index (χ0) is 9.90. The quantitative estimate of drug-likeness (QED) is 0.702. The van der Waals surface area contributed by atoms with Crippen LogP contribution in [0.25, 0.3) is 0 Å². The molecule has 1 atom stereocenters. The fourth-order valence-corrected chi connectivity index (χ4v) is 1.52. The molecule has 0 radical (unpaired) electrons. The first kappa shape index (κ1) is 11.0. The molecule has 1 rings (SSSR count). The average Bonchev–Trinajstić information content (AvgIpc) is 2.57. The molecule has 3 heteroatoms. The predicted octanol–water partition coefficient (Wildman–Crippen LogP) is 0.692. The molecule has 1 unspecified atom stereocenters. The van der Waals surface area contributed by atoms with Crippen LogP contribution in [0.4, 0.5) is 0 Å². The van der Waals surface area contributed by atoms with Gasteiger partial charge in [-0.1, -0.05) is 0 Å². The maximum Gasteiger partial charge on any atom is 0.0507 e. The van der Waals surface area contributed by atoms with E-state index in [4.69, 9.17) is 10.5 Å². The van der Waals surface area contributed by atoms with Gasteiger partial charge in [0.2, 0.25) is 0 Å². The van der Waals surface area contributed by atoms with Crippen molar-refractivity contribution in [3.05, 3.63) is 0 Å². The lowest BCUT2D eigenvalue weighted by molar-refractivity contribution is 0.125. The van der Waals surface area contributed by atoms with E-state index in [1.807, 2.05) is 0 Å². The van der Waals surface area contributed by atoms with E-state index in [9.17, 15) is 0 Å². The van der Waals surface area contributed by atoms with Crippen LogP contribution < -0.4 is 5.73 Å². The molecule has 1 aliphatic heterocycles. The first-order valence-electron chi connectivity index (χ1n) is 5.05. The zero-order valence-electron chi connectivity index (χ0n) is 9.05. The van der Waals surface area contributed by atoms with Gasteiger partial charge in [-0.25, -0.2) is 0 Å². The highest BCUT2D eigenvalue weighted by Crippen LogP contribution is 2.18. The van der Waals surface area contributed by atoms with E-state index >= 15 is 0 Å². The monoisotopic (exact) mass is 186 g/mol. The maximum atomic E-state index is 5.71. The van der Waals surface area contributed by atoms with Crippen molar-refractivity contribution in [2.75, 3.05) is 33.4 Å². The Kier molecular flexibility index (Phi) is 3.71. The van der Waals surface area contributed by atoms with Crippen molar-refractivity contribution >= 4 is 0 Å². The van der Waals surface area contributed by atoms with Gasteiger partial charge < -0.3 is 10.5 Å². The van der Waals surface area contributed by atoms with Crippen LogP contribution >= 0.6 is 0 Å². The van der Waals surface area contributed by atoms with Gasteiger partial charge >= 0.3 is 0 Å². The summed E-state index contributed by atoms with van der Waals surface area (Å²) in [4.78, 5) is 2.34. The summed E-state index contributed by atoms with van der Waals surface area (Å²) in [6.45, 7) is 8.03. The van der Waals surface area contributed by atoms with Crippen LogP contribution in [0.15, 0.2) is 0 Å². The van der Waals surface area contributed by atoms with Crippen LogP contribution in [0.3, 0.4) is 0 Å². The second-order valence-corrected chi connectivity index (χ2v) is 4.63. The number of ether oxygens (including phenoxy) is 1. The second kappa shape index (κ2) is 4.40. The molecule has 0 spiro atoms. The third kappa shape index (κ3) is 2.93. The summed E-state index contributed by atoms with van der Waals surface area (Å²) in [5.74, 6) is 0.704. The molecular weight excluding hydrogens is 164 g/mol. The topological polar surface area (TPSA) is 38.5 Å². The lowest BCUT2D eigenvalue weighted by Gasteiger charge is -2.35. The maximum absolute atomic E-state index is 5.71. The Morgan fingerprint density at radius 2 is 2.23 bits per heavy atom. The van der Waals surface area contributed by atoms with Crippen molar-refractivity contribution < 1.29 is 4.74 Å². The lowest BCUT2D eigenvalue weighted by Crippen LogP contribution is -2.48. The highest BCUT2D eigenvalue weighted by Gasteiger charge is 2.25. The summed E-state index contributed by atoms with van der Waals surface area (Å²) in [5.41, 5.74) is 5.82. The van der Waals surface area contributed by atoms with Crippen molar-refractivity contribution in [3.63, 3.8) is 0 Å². The van der Waals surface area contributed by atoms with Crippen molar-refractivity contribution in [1.82, 2.24) is 4.90 Å². The minimum absolute atomic E-state index is 0.114. The number of nitrogens with two attached hydrogens (primary N) is 1. The molecule has 1 saturated heterocycles. The molecule has 0 saturated carbocycles. The lowest BCUT2D eigenvalue weighted by atomic mass is 10.0. The van der Waals surface area contributed by atoms with Gasteiger partial charge in [-0.15, -0.1) is 0 Å². The first-order valence-corrected chi connectivity index (χ1v) is 5.05. The Morgan fingerprint density at radius 1 is 1.54 bits per heavy atom. The molecule has 0 aromatic rings. The molecule has 0 amide bonds. The SMILES string of the molecule is CN(CC1CCOC1)C(C)(C)CN. The molecule has 1 fully saturated rings. The number of likely N-dealkylation sites (N-methyl/N-ethyl adjacent to an activating group) is 1. The van der Waals surface area contributed by atoms with Gasteiger partial charge in [0.25, 0.3) is 0 Å². The summed E-state index contributed by atoms with van der Waals surface area (Å²) in [6.07, 6.45) is 1.20. The fraction of sp³-hybridized carbons (Fsp3) is 1.00. The summed E-state index contributed by atoms with van der Waals surface area (Å²) in [6, 6.07) is 0. The summed E-state index contributed by atoms with van der Waals surface area (Å²) in [5, 5.41) is 0. The van der Waals surface area contributed by atoms with Crippen LogP contribution in [-0.2, 0) is 4.74 Å². The molecule has 1 aliphatic rings. The standard InChI is InChI=1S/C10H22N2O/c1-10(2,8-11)12(3)6-9-4-5-13-7-9/h9H,4-8,11H2,1-3H3. The summed E-state index contributed by atoms with van der Waals surface area (Å²) in [7, 11) is 2.14. The Balaban J connectivity index is 2.34. The van der Waals surface area contributed by atoms with Gasteiger partial charge in [-0.2, -0.15) is 0 Å². The van der Waals surface area contributed by atoms with Crippen LogP contribution in [0.2, 0.25) is 0 Å². The Bertz CT molecular complexity index is 153. The molecular formula is C10H22N2O. The van der Waals surface area contributed by atoms with Gasteiger partial charge in [-0.05, 0) is 33.2 Å². The molecule has 3 nitrogen and oxygen atoms in total. The molecule has 78 valence electrons. The van der Waals surface area contributed by atoms with E-state index in [1.54, 1.807) is 0 Å². The molecule has 0 aliphatic carbocycles. The normalized spacial score (nSPS) is 24.2. The Labute approximate surface area is 81.2 Å². The third-order valence-electron chi connectivity index (χ3n) is 3.09.